The van der Waals surface area contributed by atoms with E-state index in [2.05, 4.69) is 20.4 Å². The molecule has 0 atom stereocenters. The Morgan fingerprint density at radius 3 is 2.17 bits per heavy atom. The van der Waals surface area contributed by atoms with Crippen LogP contribution in [0.25, 0.3) is 0 Å². The Morgan fingerprint density at radius 1 is 0.806 bits per heavy atom. The fraction of sp³-hybridized carbons (Fsp3) is 0.250. The number of nitrogens with one attached hydrogen (secondary N) is 2. The summed E-state index contributed by atoms with van der Waals surface area (Å²) in [7, 11) is 0. The molecule has 186 valence electrons. The molecular formula is C28H30N4O4. The quantitative estimate of drug-likeness (QED) is 0.466. The molecule has 8 nitrogen and oxygen atoms in total. The second kappa shape index (κ2) is 11.0. The summed E-state index contributed by atoms with van der Waals surface area (Å²) in [6, 6.07) is 19.7. The van der Waals surface area contributed by atoms with Crippen molar-refractivity contribution in [2.24, 2.45) is 0 Å². The molecule has 0 saturated carbocycles. The van der Waals surface area contributed by atoms with Crippen molar-refractivity contribution >= 4 is 34.8 Å². The van der Waals surface area contributed by atoms with E-state index in [-0.39, 0.29) is 23.9 Å². The predicted octanol–water partition coefficient (Wildman–Crippen LogP) is 4.01. The van der Waals surface area contributed by atoms with Crippen molar-refractivity contribution in [3.05, 3.63) is 89.0 Å². The van der Waals surface area contributed by atoms with Gasteiger partial charge in [0.15, 0.2) is 0 Å². The van der Waals surface area contributed by atoms with Crippen LogP contribution in [0.4, 0.5) is 17.1 Å². The lowest BCUT2D eigenvalue weighted by atomic mass is 10.1. The van der Waals surface area contributed by atoms with Gasteiger partial charge in [-0.3, -0.25) is 14.5 Å². The third-order valence-electron chi connectivity index (χ3n) is 6.19. The molecule has 1 heterocycles. The molecule has 4 rings (SSSR count). The first kappa shape index (κ1) is 24.9. The Labute approximate surface area is 210 Å². The van der Waals surface area contributed by atoms with E-state index < -0.39 is 5.97 Å². The van der Waals surface area contributed by atoms with E-state index in [9.17, 15) is 19.5 Å². The molecule has 3 N–H and O–H groups in total. The average molecular weight is 487 g/mol. The number of piperazine rings is 1. The van der Waals surface area contributed by atoms with Crippen LogP contribution in [0, 0.1) is 13.8 Å². The maximum atomic E-state index is 12.9. The van der Waals surface area contributed by atoms with Gasteiger partial charge < -0.3 is 20.6 Å². The zero-order valence-corrected chi connectivity index (χ0v) is 20.5. The van der Waals surface area contributed by atoms with Gasteiger partial charge in [-0.25, -0.2) is 4.79 Å². The molecule has 1 aliphatic heterocycles. The van der Waals surface area contributed by atoms with E-state index in [4.69, 9.17) is 0 Å². The first-order valence-electron chi connectivity index (χ1n) is 11.9. The average Bonchev–Trinajstić information content (AvgIpc) is 2.85. The number of benzene rings is 3. The van der Waals surface area contributed by atoms with Gasteiger partial charge in [0.1, 0.15) is 0 Å². The number of carboxylic acids is 1. The van der Waals surface area contributed by atoms with Crippen LogP contribution in [0.5, 0.6) is 0 Å². The summed E-state index contributed by atoms with van der Waals surface area (Å²) < 4.78 is 0. The molecule has 0 spiro atoms. The predicted molar refractivity (Wildman–Crippen MR) is 141 cm³/mol. The lowest BCUT2D eigenvalue weighted by Crippen LogP contribution is -2.48. The van der Waals surface area contributed by atoms with Crippen LogP contribution < -0.4 is 15.5 Å². The topological polar surface area (TPSA) is 102 Å². The van der Waals surface area contributed by atoms with Crippen molar-refractivity contribution < 1.29 is 19.5 Å². The molecule has 3 aromatic carbocycles. The Bertz CT molecular complexity index is 1260. The smallest absolute Gasteiger partial charge is 0.335 e. The molecular weight excluding hydrogens is 456 g/mol. The maximum absolute atomic E-state index is 12.9. The van der Waals surface area contributed by atoms with Gasteiger partial charge in [-0.1, -0.05) is 29.8 Å². The van der Waals surface area contributed by atoms with Gasteiger partial charge in [0.25, 0.3) is 5.91 Å². The molecule has 0 unspecified atom stereocenters. The third kappa shape index (κ3) is 6.28. The number of carboxylic acid groups (broad SMARTS) is 1. The SMILES string of the molecule is Cc1ccc(C(=O)Nc2cc(C(=O)O)ccc2N2CCN(CC(=O)Nc3cccc(C)c3)CC2)cc1. The van der Waals surface area contributed by atoms with Gasteiger partial charge in [-0.15, -0.1) is 0 Å². The van der Waals surface area contributed by atoms with E-state index in [0.717, 1.165) is 22.5 Å². The summed E-state index contributed by atoms with van der Waals surface area (Å²) in [4.78, 5) is 41.1. The molecule has 8 heteroatoms. The van der Waals surface area contributed by atoms with Gasteiger partial charge >= 0.3 is 5.97 Å². The lowest BCUT2D eigenvalue weighted by Gasteiger charge is -2.36. The first-order valence-corrected chi connectivity index (χ1v) is 11.9. The number of hydrogen-bond donors (Lipinski definition) is 3. The van der Waals surface area contributed by atoms with E-state index in [0.29, 0.717) is 37.4 Å². The minimum Gasteiger partial charge on any atom is -0.478 e. The van der Waals surface area contributed by atoms with Crippen molar-refractivity contribution in [1.29, 1.82) is 0 Å². The molecule has 0 bridgehead atoms. The van der Waals surface area contributed by atoms with Gasteiger partial charge in [0.2, 0.25) is 5.91 Å². The Balaban J connectivity index is 1.42. The van der Waals surface area contributed by atoms with Crippen LogP contribution >= 0.6 is 0 Å². The highest BCUT2D eigenvalue weighted by atomic mass is 16.4. The number of amides is 2. The Kier molecular flexibility index (Phi) is 7.65. The van der Waals surface area contributed by atoms with Gasteiger partial charge in [-0.05, 0) is 61.9 Å². The van der Waals surface area contributed by atoms with E-state index >= 15 is 0 Å². The zero-order valence-electron chi connectivity index (χ0n) is 20.5. The number of hydrogen-bond acceptors (Lipinski definition) is 5. The van der Waals surface area contributed by atoms with Crippen LogP contribution in [0.3, 0.4) is 0 Å². The summed E-state index contributed by atoms with van der Waals surface area (Å²) in [6.07, 6.45) is 0. The van der Waals surface area contributed by atoms with Crippen LogP contribution in [-0.2, 0) is 4.79 Å². The van der Waals surface area contributed by atoms with E-state index in [1.165, 1.54) is 6.07 Å². The first-order chi connectivity index (χ1) is 17.3. The molecule has 36 heavy (non-hydrogen) atoms. The van der Waals surface area contributed by atoms with Crippen molar-refractivity contribution in [1.82, 2.24) is 4.90 Å². The van der Waals surface area contributed by atoms with Crippen molar-refractivity contribution in [2.75, 3.05) is 48.3 Å². The summed E-state index contributed by atoms with van der Waals surface area (Å²) in [5.41, 5.74) is 4.72. The number of nitrogens with zero attached hydrogens (tertiary/aromatic N) is 2. The standard InChI is InChI=1S/C28H30N4O4/c1-19-6-8-21(9-7-19)27(34)30-24-17-22(28(35)36)10-11-25(24)32-14-12-31(13-15-32)18-26(33)29-23-5-3-4-20(2)16-23/h3-11,16-17H,12-15,18H2,1-2H3,(H,29,33)(H,30,34)(H,35,36). The molecule has 1 aliphatic rings. The van der Waals surface area contributed by atoms with E-state index in [1.807, 2.05) is 50.2 Å². The number of rotatable bonds is 7. The van der Waals surface area contributed by atoms with Crippen molar-refractivity contribution in [3.63, 3.8) is 0 Å². The van der Waals surface area contributed by atoms with Gasteiger partial charge in [-0.2, -0.15) is 0 Å². The van der Waals surface area contributed by atoms with Crippen LogP contribution in [-0.4, -0.2) is 60.5 Å². The maximum Gasteiger partial charge on any atom is 0.335 e. The van der Waals surface area contributed by atoms with Crippen LogP contribution in [0.2, 0.25) is 0 Å². The van der Waals surface area contributed by atoms with Crippen LogP contribution in [0.1, 0.15) is 31.8 Å². The van der Waals surface area contributed by atoms with Gasteiger partial charge in [0, 0.05) is 37.4 Å². The highest BCUT2D eigenvalue weighted by molar-refractivity contribution is 6.06. The molecule has 0 aliphatic carbocycles. The Morgan fingerprint density at radius 2 is 1.50 bits per heavy atom. The number of aromatic carboxylic acids is 1. The minimum absolute atomic E-state index is 0.0640. The minimum atomic E-state index is -1.06. The number of carbonyl (C=O) groups excluding carboxylic acids is 2. The molecule has 2 amide bonds. The number of aryl methyl sites for hydroxylation is 2. The lowest BCUT2D eigenvalue weighted by molar-refractivity contribution is -0.117. The molecule has 1 saturated heterocycles. The number of anilines is 3. The molecule has 0 aromatic heterocycles. The summed E-state index contributed by atoms with van der Waals surface area (Å²) in [6.45, 7) is 6.81. The highest BCUT2D eigenvalue weighted by Gasteiger charge is 2.22. The second-order valence-electron chi connectivity index (χ2n) is 9.04. The van der Waals surface area contributed by atoms with Crippen molar-refractivity contribution in [2.45, 2.75) is 13.8 Å². The fourth-order valence-corrected chi connectivity index (χ4v) is 4.22. The summed E-state index contributed by atoms with van der Waals surface area (Å²) in [5.74, 6) is -1.42. The molecule has 3 aromatic rings. The zero-order chi connectivity index (χ0) is 25.7. The van der Waals surface area contributed by atoms with Crippen LogP contribution in [0.15, 0.2) is 66.7 Å². The third-order valence-corrected chi connectivity index (χ3v) is 6.19. The highest BCUT2D eigenvalue weighted by Crippen LogP contribution is 2.29. The molecule has 1 fully saturated rings. The normalized spacial score (nSPS) is 13.8. The van der Waals surface area contributed by atoms with Crippen molar-refractivity contribution in [3.8, 4) is 0 Å². The van der Waals surface area contributed by atoms with E-state index in [1.54, 1.807) is 24.3 Å². The monoisotopic (exact) mass is 486 g/mol. The second-order valence-corrected chi connectivity index (χ2v) is 9.04. The van der Waals surface area contributed by atoms with Gasteiger partial charge in [0.05, 0.1) is 23.5 Å². The Hall–Kier alpha value is -4.17. The molecule has 0 radical (unpaired) electrons. The summed E-state index contributed by atoms with van der Waals surface area (Å²) in [5, 5.41) is 15.3. The number of carbonyl (C=O) groups is 3. The fourth-order valence-electron chi connectivity index (χ4n) is 4.22. The summed E-state index contributed by atoms with van der Waals surface area (Å²) >= 11 is 0. The largest absolute Gasteiger partial charge is 0.478 e.